The van der Waals surface area contributed by atoms with E-state index in [9.17, 15) is 5.11 Å². The molecule has 0 aliphatic carbocycles. The number of rotatable bonds is 4. The van der Waals surface area contributed by atoms with Crippen LogP contribution in [0.25, 0.3) is 11.5 Å². The van der Waals surface area contributed by atoms with Crippen molar-refractivity contribution in [1.82, 2.24) is 15.1 Å². The van der Waals surface area contributed by atoms with Gasteiger partial charge in [0.1, 0.15) is 5.69 Å². The van der Waals surface area contributed by atoms with Crippen LogP contribution in [0.15, 0.2) is 22.9 Å². The third-order valence-electron chi connectivity index (χ3n) is 3.04. The Kier molecular flexibility index (Phi) is 3.72. The van der Waals surface area contributed by atoms with Crippen molar-refractivity contribution >= 4 is 0 Å². The van der Waals surface area contributed by atoms with Crippen molar-refractivity contribution in [3.05, 3.63) is 29.8 Å². The van der Waals surface area contributed by atoms with Gasteiger partial charge in [-0.2, -0.15) is 4.98 Å². The van der Waals surface area contributed by atoms with Crippen LogP contribution >= 0.6 is 0 Å². The zero-order valence-corrected chi connectivity index (χ0v) is 10.8. The summed E-state index contributed by atoms with van der Waals surface area (Å²) >= 11 is 0. The first kappa shape index (κ1) is 12.7. The van der Waals surface area contributed by atoms with Gasteiger partial charge >= 0.3 is 0 Å². The van der Waals surface area contributed by atoms with E-state index in [1.165, 1.54) is 0 Å². The molecule has 2 rings (SSSR count). The molecule has 18 heavy (non-hydrogen) atoms. The molecule has 5 heteroatoms. The molecule has 0 saturated heterocycles. The van der Waals surface area contributed by atoms with Gasteiger partial charge in [0, 0.05) is 6.20 Å². The number of aryl methyl sites for hydroxylation is 1. The number of pyridine rings is 1. The summed E-state index contributed by atoms with van der Waals surface area (Å²) in [6.45, 7) is 5.60. The van der Waals surface area contributed by atoms with E-state index in [1.807, 2.05) is 19.1 Å². The second kappa shape index (κ2) is 5.27. The molecule has 2 heterocycles. The Morgan fingerprint density at radius 2 is 2.17 bits per heavy atom. The molecule has 0 aliphatic heterocycles. The van der Waals surface area contributed by atoms with Crippen LogP contribution in [0.2, 0.25) is 0 Å². The summed E-state index contributed by atoms with van der Waals surface area (Å²) in [5.41, 5.74) is 1.82. The molecule has 2 aromatic heterocycles. The van der Waals surface area contributed by atoms with Crippen LogP contribution in [0.4, 0.5) is 0 Å². The van der Waals surface area contributed by atoms with E-state index in [0.717, 1.165) is 17.7 Å². The lowest BCUT2D eigenvalue weighted by Crippen LogP contribution is -2.11. The molecule has 2 atom stereocenters. The van der Waals surface area contributed by atoms with Crippen LogP contribution in [0.3, 0.4) is 0 Å². The Morgan fingerprint density at radius 1 is 1.39 bits per heavy atom. The lowest BCUT2D eigenvalue weighted by molar-refractivity contribution is 0.151. The number of aliphatic hydroxyl groups is 1. The molecular formula is C13H17N3O2. The van der Waals surface area contributed by atoms with Crippen LogP contribution in [0.1, 0.15) is 38.1 Å². The molecular weight excluding hydrogens is 230 g/mol. The maximum Gasteiger partial charge on any atom is 0.232 e. The topological polar surface area (TPSA) is 72.0 Å². The van der Waals surface area contributed by atoms with Crippen molar-refractivity contribution in [3.63, 3.8) is 0 Å². The molecule has 2 unspecified atom stereocenters. The van der Waals surface area contributed by atoms with E-state index in [-0.39, 0.29) is 5.92 Å². The summed E-state index contributed by atoms with van der Waals surface area (Å²) in [5.74, 6) is 0.739. The van der Waals surface area contributed by atoms with Crippen molar-refractivity contribution < 1.29 is 9.63 Å². The van der Waals surface area contributed by atoms with Gasteiger partial charge in [-0.1, -0.05) is 25.1 Å². The molecule has 0 fully saturated rings. The third kappa shape index (κ3) is 2.41. The fourth-order valence-corrected chi connectivity index (χ4v) is 1.65. The Hall–Kier alpha value is -1.75. The molecule has 2 aromatic rings. The minimum Gasteiger partial charge on any atom is -0.393 e. The quantitative estimate of drug-likeness (QED) is 0.896. The highest BCUT2D eigenvalue weighted by Gasteiger charge is 2.20. The van der Waals surface area contributed by atoms with E-state index >= 15 is 0 Å². The van der Waals surface area contributed by atoms with Crippen molar-refractivity contribution in [2.75, 3.05) is 0 Å². The van der Waals surface area contributed by atoms with Gasteiger partial charge in [0.25, 0.3) is 0 Å². The van der Waals surface area contributed by atoms with Gasteiger partial charge in [-0.15, -0.1) is 0 Å². The lowest BCUT2D eigenvalue weighted by atomic mass is 10.1. The summed E-state index contributed by atoms with van der Waals surface area (Å²) in [6, 6.07) is 3.89. The number of aliphatic hydroxyl groups excluding tert-OH is 1. The summed E-state index contributed by atoms with van der Waals surface area (Å²) < 4.78 is 5.18. The van der Waals surface area contributed by atoms with Gasteiger partial charge in [0.2, 0.25) is 11.7 Å². The predicted octanol–water partition coefficient (Wildman–Crippen LogP) is 2.18. The van der Waals surface area contributed by atoms with E-state index in [4.69, 9.17) is 4.52 Å². The van der Waals surface area contributed by atoms with Gasteiger partial charge in [0.05, 0.1) is 12.0 Å². The standard InChI is InChI=1S/C13H17N3O2/c1-4-10-6-5-7-14-11(10)12-15-13(18-16-12)8(2)9(3)17/h5-9,17H,4H2,1-3H3. The van der Waals surface area contributed by atoms with E-state index in [1.54, 1.807) is 13.1 Å². The molecule has 0 radical (unpaired) electrons. The Bertz CT molecular complexity index is 522. The van der Waals surface area contributed by atoms with Crippen molar-refractivity contribution in [2.45, 2.75) is 39.2 Å². The molecule has 1 N–H and O–H groups in total. The van der Waals surface area contributed by atoms with Gasteiger partial charge < -0.3 is 9.63 Å². The van der Waals surface area contributed by atoms with E-state index in [2.05, 4.69) is 22.0 Å². The first-order valence-electron chi connectivity index (χ1n) is 6.09. The van der Waals surface area contributed by atoms with Crippen LogP contribution < -0.4 is 0 Å². The highest BCUT2D eigenvalue weighted by Crippen LogP contribution is 2.22. The number of hydrogen-bond acceptors (Lipinski definition) is 5. The fraction of sp³-hybridized carbons (Fsp3) is 0.462. The van der Waals surface area contributed by atoms with Crippen molar-refractivity contribution in [3.8, 4) is 11.5 Å². The van der Waals surface area contributed by atoms with Gasteiger partial charge in [-0.3, -0.25) is 4.98 Å². The molecule has 0 saturated carbocycles. The summed E-state index contributed by atoms with van der Waals surface area (Å²) in [6.07, 6.45) is 2.05. The average molecular weight is 247 g/mol. The van der Waals surface area contributed by atoms with E-state index in [0.29, 0.717) is 11.7 Å². The normalized spacial score (nSPS) is 14.4. The first-order valence-corrected chi connectivity index (χ1v) is 6.09. The zero-order valence-electron chi connectivity index (χ0n) is 10.8. The number of aromatic nitrogens is 3. The second-order valence-corrected chi connectivity index (χ2v) is 4.35. The van der Waals surface area contributed by atoms with Crippen LogP contribution in [-0.2, 0) is 6.42 Å². The SMILES string of the molecule is CCc1cccnc1-c1noc(C(C)C(C)O)n1. The summed E-state index contributed by atoms with van der Waals surface area (Å²) in [7, 11) is 0. The smallest absolute Gasteiger partial charge is 0.232 e. The van der Waals surface area contributed by atoms with Crippen molar-refractivity contribution in [2.24, 2.45) is 0 Å². The molecule has 96 valence electrons. The molecule has 0 spiro atoms. The van der Waals surface area contributed by atoms with Gasteiger partial charge in [-0.25, -0.2) is 0 Å². The van der Waals surface area contributed by atoms with Crippen LogP contribution in [0, 0.1) is 0 Å². The Labute approximate surface area is 106 Å². The highest BCUT2D eigenvalue weighted by atomic mass is 16.5. The largest absolute Gasteiger partial charge is 0.393 e. The maximum absolute atomic E-state index is 9.51. The molecule has 0 aliphatic rings. The monoisotopic (exact) mass is 247 g/mol. The maximum atomic E-state index is 9.51. The van der Waals surface area contributed by atoms with Gasteiger partial charge in [-0.05, 0) is 25.0 Å². The Balaban J connectivity index is 2.35. The fourth-order valence-electron chi connectivity index (χ4n) is 1.65. The average Bonchev–Trinajstić information content (AvgIpc) is 2.87. The molecule has 0 amide bonds. The van der Waals surface area contributed by atoms with E-state index < -0.39 is 6.10 Å². The Morgan fingerprint density at radius 3 is 2.83 bits per heavy atom. The lowest BCUT2D eigenvalue weighted by Gasteiger charge is -2.08. The second-order valence-electron chi connectivity index (χ2n) is 4.35. The summed E-state index contributed by atoms with van der Waals surface area (Å²) in [4.78, 5) is 8.60. The number of nitrogens with zero attached hydrogens (tertiary/aromatic N) is 3. The predicted molar refractivity (Wildman–Crippen MR) is 67.0 cm³/mol. The minimum atomic E-state index is -0.521. The molecule has 0 bridgehead atoms. The zero-order chi connectivity index (χ0) is 13.1. The van der Waals surface area contributed by atoms with Crippen LogP contribution in [-0.4, -0.2) is 26.3 Å². The summed E-state index contributed by atoms with van der Waals surface area (Å²) in [5, 5.41) is 13.5. The molecule has 5 nitrogen and oxygen atoms in total. The minimum absolute atomic E-state index is 0.181. The van der Waals surface area contributed by atoms with Crippen molar-refractivity contribution in [1.29, 1.82) is 0 Å². The first-order chi connectivity index (χ1) is 8.63. The van der Waals surface area contributed by atoms with Gasteiger partial charge in [0.15, 0.2) is 0 Å². The number of hydrogen-bond donors (Lipinski definition) is 1. The van der Waals surface area contributed by atoms with Crippen LogP contribution in [0.5, 0.6) is 0 Å². The molecule has 0 aromatic carbocycles. The third-order valence-corrected chi connectivity index (χ3v) is 3.04. The highest BCUT2D eigenvalue weighted by molar-refractivity contribution is 5.53.